The molecule has 2 aromatic carbocycles. The van der Waals surface area contributed by atoms with E-state index in [0.29, 0.717) is 10.6 Å². The molecule has 0 atom stereocenters. The zero-order valence-corrected chi connectivity index (χ0v) is 13.6. The Hall–Kier alpha value is -3.12. The number of hydrogen-bond acceptors (Lipinski definition) is 6. The van der Waals surface area contributed by atoms with Crippen molar-refractivity contribution in [1.82, 2.24) is 0 Å². The summed E-state index contributed by atoms with van der Waals surface area (Å²) in [5.41, 5.74) is 0.0595. The summed E-state index contributed by atoms with van der Waals surface area (Å²) in [5.74, 6) is -1.38. The summed E-state index contributed by atoms with van der Waals surface area (Å²) in [6.45, 7) is -0.526. The smallest absolute Gasteiger partial charge is 0.311 e. The number of thioether (sulfide) groups is 1. The molecule has 2 rings (SSSR count). The summed E-state index contributed by atoms with van der Waals surface area (Å²) < 4.78 is 18.3. The molecule has 0 radical (unpaired) electrons. The van der Waals surface area contributed by atoms with Crippen LogP contribution in [-0.4, -0.2) is 23.2 Å². The molecule has 9 heteroatoms. The van der Waals surface area contributed by atoms with E-state index >= 15 is 0 Å². The highest BCUT2D eigenvalue weighted by atomic mass is 32.2. The van der Waals surface area contributed by atoms with E-state index in [1.54, 1.807) is 24.3 Å². The van der Waals surface area contributed by atoms with Crippen molar-refractivity contribution < 1.29 is 18.8 Å². The zero-order valence-electron chi connectivity index (χ0n) is 12.8. The van der Waals surface area contributed by atoms with Crippen molar-refractivity contribution >= 4 is 29.0 Å². The fraction of sp³-hybridized carbons (Fsp3) is 0.125. The van der Waals surface area contributed by atoms with Crippen molar-refractivity contribution in [2.45, 2.75) is 4.90 Å². The van der Waals surface area contributed by atoms with Gasteiger partial charge >= 0.3 is 5.69 Å². The maximum Gasteiger partial charge on any atom is 0.311 e. The molecule has 0 aromatic heterocycles. The topological polar surface area (TPSA) is 105 Å². The van der Waals surface area contributed by atoms with Crippen LogP contribution in [0.3, 0.4) is 0 Å². The summed E-state index contributed by atoms with van der Waals surface area (Å²) in [6, 6.07) is 11.6. The van der Waals surface area contributed by atoms with Gasteiger partial charge in [-0.05, 0) is 18.2 Å². The summed E-state index contributed by atoms with van der Waals surface area (Å²) in [5, 5.41) is 22.1. The van der Waals surface area contributed by atoms with Crippen LogP contribution < -0.4 is 10.1 Å². The van der Waals surface area contributed by atoms with Crippen LogP contribution in [-0.2, 0) is 4.79 Å². The highest BCUT2D eigenvalue weighted by Gasteiger charge is 2.17. The van der Waals surface area contributed by atoms with E-state index in [-0.39, 0.29) is 11.5 Å². The number of nitrogens with one attached hydrogen (secondary N) is 1. The summed E-state index contributed by atoms with van der Waals surface area (Å²) in [4.78, 5) is 22.9. The number of carbonyl (C=O) groups excluding carboxylic acids is 1. The first-order valence-electron chi connectivity index (χ1n) is 6.96. The lowest BCUT2D eigenvalue weighted by Crippen LogP contribution is -2.20. The molecule has 128 valence electrons. The maximum atomic E-state index is 13.2. The monoisotopic (exact) mass is 361 g/mol. The number of anilines is 1. The molecule has 0 aliphatic carbocycles. The molecule has 0 bridgehead atoms. The number of carbonyl (C=O) groups is 1. The number of nitrogens with zero attached hydrogens (tertiary/aromatic N) is 2. The molecule has 0 fully saturated rings. The van der Waals surface area contributed by atoms with Crippen LogP contribution in [0.5, 0.6) is 5.75 Å². The Morgan fingerprint density at radius 1 is 1.36 bits per heavy atom. The lowest BCUT2D eigenvalue weighted by Gasteiger charge is -2.10. The highest BCUT2D eigenvalue weighted by molar-refractivity contribution is 7.99. The molecule has 0 aliphatic rings. The number of para-hydroxylation sites is 1. The van der Waals surface area contributed by atoms with Gasteiger partial charge in [0.15, 0.2) is 6.61 Å². The fourth-order valence-corrected chi connectivity index (χ4v) is 2.56. The lowest BCUT2D eigenvalue weighted by molar-refractivity contribution is -0.385. The van der Waals surface area contributed by atoms with Crippen LogP contribution in [0.4, 0.5) is 15.8 Å². The normalized spacial score (nSPS) is 9.92. The summed E-state index contributed by atoms with van der Waals surface area (Å²) >= 11 is 1.26. The van der Waals surface area contributed by atoms with E-state index in [1.165, 1.54) is 11.8 Å². The zero-order chi connectivity index (χ0) is 18.2. The molecule has 7 nitrogen and oxygen atoms in total. The van der Waals surface area contributed by atoms with Crippen molar-refractivity contribution in [3.05, 3.63) is 58.4 Å². The van der Waals surface area contributed by atoms with E-state index in [0.717, 1.165) is 18.2 Å². The predicted octanol–water partition coefficient (Wildman–Crippen LogP) is 3.37. The van der Waals surface area contributed by atoms with Crippen molar-refractivity contribution in [3.63, 3.8) is 0 Å². The molecule has 0 spiro atoms. The third-order valence-corrected chi connectivity index (χ3v) is 3.87. The molecular formula is C16H12FN3O4S. The van der Waals surface area contributed by atoms with Gasteiger partial charge < -0.3 is 10.1 Å². The van der Waals surface area contributed by atoms with Crippen molar-refractivity contribution in [3.8, 4) is 11.8 Å². The molecular weight excluding hydrogens is 349 g/mol. The molecule has 1 N–H and O–H groups in total. The number of amides is 1. The molecule has 0 saturated carbocycles. The first kappa shape index (κ1) is 18.2. The molecule has 0 aliphatic heterocycles. The van der Waals surface area contributed by atoms with Gasteiger partial charge in [-0.15, -0.1) is 11.8 Å². The molecule has 25 heavy (non-hydrogen) atoms. The van der Waals surface area contributed by atoms with Crippen molar-refractivity contribution in [2.75, 3.05) is 17.7 Å². The first-order chi connectivity index (χ1) is 12.0. The molecule has 1 amide bonds. The van der Waals surface area contributed by atoms with Gasteiger partial charge in [0.05, 0.1) is 22.4 Å². The maximum absolute atomic E-state index is 13.2. The minimum Gasteiger partial charge on any atom is -0.477 e. The second-order valence-electron chi connectivity index (χ2n) is 4.65. The predicted molar refractivity (Wildman–Crippen MR) is 90.0 cm³/mol. The number of nitro benzene ring substituents is 1. The average molecular weight is 361 g/mol. The molecule has 2 aromatic rings. The van der Waals surface area contributed by atoms with Gasteiger partial charge in [0.1, 0.15) is 5.82 Å². The SMILES string of the molecule is N#CCSc1ccccc1NC(=O)COc1cc(F)ccc1[N+](=O)[O-]. The number of ether oxygens (including phenoxy) is 1. The Balaban J connectivity index is 2.04. The van der Waals surface area contributed by atoms with E-state index in [4.69, 9.17) is 10.00 Å². The van der Waals surface area contributed by atoms with Crippen LogP contribution in [0, 0.1) is 27.3 Å². The second-order valence-corrected chi connectivity index (χ2v) is 5.67. The van der Waals surface area contributed by atoms with Crippen LogP contribution in [0.1, 0.15) is 0 Å². The van der Waals surface area contributed by atoms with Crippen molar-refractivity contribution in [2.24, 2.45) is 0 Å². The van der Waals surface area contributed by atoms with Gasteiger partial charge in [0.2, 0.25) is 5.75 Å². The average Bonchev–Trinajstić information content (AvgIpc) is 2.59. The Kier molecular flexibility index (Phi) is 6.31. The van der Waals surface area contributed by atoms with Gasteiger partial charge in [-0.1, -0.05) is 12.1 Å². The number of nitro groups is 1. The third kappa shape index (κ3) is 5.19. The molecule has 0 unspecified atom stereocenters. The molecule has 0 heterocycles. The van der Waals surface area contributed by atoms with Crippen LogP contribution >= 0.6 is 11.8 Å². The first-order valence-corrected chi connectivity index (χ1v) is 7.95. The quantitative estimate of drug-likeness (QED) is 0.460. The summed E-state index contributed by atoms with van der Waals surface area (Å²) in [7, 11) is 0. The third-order valence-electron chi connectivity index (χ3n) is 2.93. The van der Waals surface area contributed by atoms with E-state index in [2.05, 4.69) is 5.32 Å². The van der Waals surface area contributed by atoms with Crippen LogP contribution in [0.25, 0.3) is 0 Å². The van der Waals surface area contributed by atoms with E-state index in [9.17, 15) is 19.3 Å². The number of benzene rings is 2. The van der Waals surface area contributed by atoms with Gasteiger partial charge in [-0.3, -0.25) is 14.9 Å². The number of hydrogen-bond donors (Lipinski definition) is 1. The minimum atomic E-state index is -0.722. The largest absolute Gasteiger partial charge is 0.477 e. The fourth-order valence-electron chi connectivity index (χ4n) is 1.89. The Labute approximate surface area is 146 Å². The standard InChI is InChI=1S/C16H12FN3O4S/c17-11-5-6-13(20(22)23)14(9-11)24-10-16(21)19-12-3-1-2-4-15(12)25-8-7-18/h1-6,9H,8,10H2,(H,19,21). The van der Waals surface area contributed by atoms with E-state index < -0.39 is 28.9 Å². The Morgan fingerprint density at radius 2 is 2.12 bits per heavy atom. The Morgan fingerprint density at radius 3 is 2.84 bits per heavy atom. The number of halogens is 1. The van der Waals surface area contributed by atoms with Gasteiger partial charge in [-0.25, -0.2) is 4.39 Å². The number of nitriles is 1. The Bertz CT molecular complexity index is 838. The van der Waals surface area contributed by atoms with Gasteiger partial charge in [0, 0.05) is 17.0 Å². The van der Waals surface area contributed by atoms with Gasteiger partial charge in [0.25, 0.3) is 5.91 Å². The van der Waals surface area contributed by atoms with Crippen molar-refractivity contribution in [1.29, 1.82) is 5.26 Å². The highest BCUT2D eigenvalue weighted by Crippen LogP contribution is 2.28. The molecule has 0 saturated heterocycles. The van der Waals surface area contributed by atoms with Crippen LogP contribution in [0.15, 0.2) is 47.4 Å². The lowest BCUT2D eigenvalue weighted by atomic mass is 10.3. The van der Waals surface area contributed by atoms with E-state index in [1.807, 2.05) is 6.07 Å². The summed E-state index contributed by atoms with van der Waals surface area (Å²) in [6.07, 6.45) is 0. The van der Waals surface area contributed by atoms with Gasteiger partial charge in [-0.2, -0.15) is 5.26 Å². The second kappa shape index (κ2) is 8.65. The van der Waals surface area contributed by atoms with Crippen LogP contribution in [0.2, 0.25) is 0 Å². The number of rotatable bonds is 7. The minimum absolute atomic E-state index is 0.221.